The van der Waals surface area contributed by atoms with E-state index in [-0.39, 0.29) is 0 Å². The Morgan fingerprint density at radius 1 is 1.20 bits per heavy atom. The van der Waals surface area contributed by atoms with Crippen molar-refractivity contribution < 1.29 is 0 Å². The van der Waals surface area contributed by atoms with Crippen LogP contribution in [0.4, 0.5) is 0 Å². The normalized spacial score (nSPS) is 11.2. The number of benzene rings is 1. The molecule has 0 fully saturated rings. The van der Waals surface area contributed by atoms with Gasteiger partial charge in [-0.25, -0.2) is 0 Å². The van der Waals surface area contributed by atoms with Crippen LogP contribution in [0.25, 0.3) is 0 Å². The SMILES string of the molecule is Cc1nn(CCc2ccccc2)cc1CNCC(C)C. The van der Waals surface area contributed by atoms with Crippen LogP contribution in [-0.4, -0.2) is 16.3 Å². The maximum atomic E-state index is 4.60. The van der Waals surface area contributed by atoms with Crippen molar-refractivity contribution in [3.63, 3.8) is 0 Å². The third-order valence-corrected chi connectivity index (χ3v) is 3.39. The summed E-state index contributed by atoms with van der Waals surface area (Å²) >= 11 is 0. The first-order valence-corrected chi connectivity index (χ1v) is 7.42. The van der Waals surface area contributed by atoms with Gasteiger partial charge in [-0.2, -0.15) is 5.10 Å². The average molecular weight is 271 g/mol. The Labute approximate surface area is 122 Å². The summed E-state index contributed by atoms with van der Waals surface area (Å²) in [6.45, 7) is 9.44. The summed E-state index contributed by atoms with van der Waals surface area (Å²) in [6.07, 6.45) is 3.20. The van der Waals surface area contributed by atoms with Crippen molar-refractivity contribution in [2.24, 2.45) is 5.92 Å². The number of nitrogens with one attached hydrogen (secondary N) is 1. The molecule has 3 heteroatoms. The third kappa shape index (κ3) is 4.49. The molecule has 0 radical (unpaired) electrons. The zero-order chi connectivity index (χ0) is 14.4. The molecule has 0 aliphatic rings. The molecule has 1 aromatic heterocycles. The standard InChI is InChI=1S/C17H25N3/c1-14(2)11-18-12-17-13-20(19-15(17)3)10-9-16-7-5-4-6-8-16/h4-8,13-14,18H,9-12H2,1-3H3. The first-order chi connectivity index (χ1) is 9.65. The van der Waals surface area contributed by atoms with Crippen LogP contribution in [-0.2, 0) is 19.5 Å². The summed E-state index contributed by atoms with van der Waals surface area (Å²) in [6, 6.07) is 10.6. The van der Waals surface area contributed by atoms with Gasteiger partial charge in [0.2, 0.25) is 0 Å². The highest BCUT2D eigenvalue weighted by atomic mass is 15.3. The predicted molar refractivity (Wildman–Crippen MR) is 83.7 cm³/mol. The Hall–Kier alpha value is -1.61. The van der Waals surface area contributed by atoms with Crippen LogP contribution in [0.2, 0.25) is 0 Å². The quantitative estimate of drug-likeness (QED) is 0.838. The Morgan fingerprint density at radius 3 is 2.65 bits per heavy atom. The van der Waals surface area contributed by atoms with Crippen molar-refractivity contribution >= 4 is 0 Å². The van der Waals surface area contributed by atoms with E-state index in [1.165, 1.54) is 11.1 Å². The summed E-state index contributed by atoms with van der Waals surface area (Å²) in [5.74, 6) is 0.684. The van der Waals surface area contributed by atoms with Crippen LogP contribution in [0, 0.1) is 12.8 Å². The zero-order valence-electron chi connectivity index (χ0n) is 12.8. The molecule has 0 amide bonds. The molecule has 1 heterocycles. The second-order valence-electron chi connectivity index (χ2n) is 5.76. The molecule has 0 aliphatic heterocycles. The van der Waals surface area contributed by atoms with E-state index in [0.29, 0.717) is 5.92 Å². The van der Waals surface area contributed by atoms with Crippen molar-refractivity contribution in [1.29, 1.82) is 0 Å². The molecule has 108 valence electrons. The van der Waals surface area contributed by atoms with Crippen molar-refractivity contribution in [3.05, 3.63) is 53.3 Å². The second-order valence-corrected chi connectivity index (χ2v) is 5.76. The first kappa shape index (κ1) is 14.8. The van der Waals surface area contributed by atoms with Gasteiger partial charge < -0.3 is 5.32 Å². The van der Waals surface area contributed by atoms with E-state index >= 15 is 0 Å². The van der Waals surface area contributed by atoms with E-state index in [1.54, 1.807) is 0 Å². The summed E-state index contributed by atoms with van der Waals surface area (Å²) in [4.78, 5) is 0. The highest BCUT2D eigenvalue weighted by molar-refractivity contribution is 5.16. The fourth-order valence-corrected chi connectivity index (χ4v) is 2.23. The van der Waals surface area contributed by atoms with E-state index in [9.17, 15) is 0 Å². The van der Waals surface area contributed by atoms with E-state index < -0.39 is 0 Å². The Bertz CT molecular complexity index is 514. The highest BCUT2D eigenvalue weighted by Crippen LogP contribution is 2.07. The van der Waals surface area contributed by atoms with Gasteiger partial charge >= 0.3 is 0 Å². The maximum absolute atomic E-state index is 4.60. The molecular formula is C17H25N3. The minimum atomic E-state index is 0.684. The molecule has 0 aliphatic carbocycles. The molecular weight excluding hydrogens is 246 g/mol. The zero-order valence-corrected chi connectivity index (χ0v) is 12.8. The Kier molecular flexibility index (Phi) is 5.36. The number of nitrogens with zero attached hydrogens (tertiary/aromatic N) is 2. The predicted octanol–water partition coefficient (Wildman–Crippen LogP) is 3.18. The molecule has 0 atom stereocenters. The van der Waals surface area contributed by atoms with Gasteiger partial charge in [-0.1, -0.05) is 44.2 Å². The molecule has 2 aromatic rings. The van der Waals surface area contributed by atoms with Crippen LogP contribution in [0.15, 0.2) is 36.5 Å². The number of hydrogen-bond acceptors (Lipinski definition) is 2. The maximum Gasteiger partial charge on any atom is 0.0638 e. The molecule has 20 heavy (non-hydrogen) atoms. The highest BCUT2D eigenvalue weighted by Gasteiger charge is 2.05. The van der Waals surface area contributed by atoms with E-state index in [1.807, 2.05) is 0 Å². The number of rotatable bonds is 7. The van der Waals surface area contributed by atoms with Crippen LogP contribution in [0.1, 0.15) is 30.7 Å². The summed E-state index contributed by atoms with van der Waals surface area (Å²) < 4.78 is 2.06. The lowest BCUT2D eigenvalue weighted by atomic mass is 10.1. The first-order valence-electron chi connectivity index (χ1n) is 7.42. The van der Waals surface area contributed by atoms with Gasteiger partial charge in [-0.05, 0) is 31.4 Å². The molecule has 0 bridgehead atoms. The van der Waals surface area contributed by atoms with Gasteiger partial charge in [-0.3, -0.25) is 4.68 Å². The van der Waals surface area contributed by atoms with Gasteiger partial charge in [-0.15, -0.1) is 0 Å². The number of aryl methyl sites for hydroxylation is 3. The lowest BCUT2D eigenvalue weighted by Gasteiger charge is -2.06. The average Bonchev–Trinajstić information content (AvgIpc) is 2.78. The van der Waals surface area contributed by atoms with Crippen LogP contribution >= 0.6 is 0 Å². The molecule has 1 N–H and O–H groups in total. The third-order valence-electron chi connectivity index (χ3n) is 3.39. The minimum Gasteiger partial charge on any atom is -0.312 e. The molecule has 1 aromatic carbocycles. The molecule has 0 unspecified atom stereocenters. The number of hydrogen-bond donors (Lipinski definition) is 1. The monoisotopic (exact) mass is 271 g/mol. The molecule has 3 nitrogen and oxygen atoms in total. The summed E-state index contributed by atoms with van der Waals surface area (Å²) in [7, 11) is 0. The smallest absolute Gasteiger partial charge is 0.0638 e. The lowest BCUT2D eigenvalue weighted by molar-refractivity contribution is 0.551. The van der Waals surface area contributed by atoms with Crippen molar-refractivity contribution in [2.45, 2.75) is 40.3 Å². The van der Waals surface area contributed by atoms with Crippen molar-refractivity contribution in [3.8, 4) is 0 Å². The van der Waals surface area contributed by atoms with E-state index in [0.717, 1.165) is 31.7 Å². The van der Waals surface area contributed by atoms with Crippen LogP contribution in [0.3, 0.4) is 0 Å². The summed E-state index contributed by atoms with van der Waals surface area (Å²) in [5.41, 5.74) is 3.80. The topological polar surface area (TPSA) is 29.9 Å². The van der Waals surface area contributed by atoms with E-state index in [4.69, 9.17) is 0 Å². The molecule has 0 spiro atoms. The van der Waals surface area contributed by atoms with Gasteiger partial charge in [0, 0.05) is 24.8 Å². The fourth-order valence-electron chi connectivity index (χ4n) is 2.23. The Balaban J connectivity index is 1.87. The molecule has 0 saturated carbocycles. The lowest BCUT2D eigenvalue weighted by Crippen LogP contribution is -2.19. The Morgan fingerprint density at radius 2 is 1.95 bits per heavy atom. The number of aromatic nitrogens is 2. The van der Waals surface area contributed by atoms with Crippen LogP contribution in [0.5, 0.6) is 0 Å². The van der Waals surface area contributed by atoms with Crippen molar-refractivity contribution in [1.82, 2.24) is 15.1 Å². The molecule has 0 saturated heterocycles. The fraction of sp³-hybridized carbons (Fsp3) is 0.471. The van der Waals surface area contributed by atoms with Gasteiger partial charge in [0.05, 0.1) is 5.69 Å². The van der Waals surface area contributed by atoms with Gasteiger partial charge in [0.1, 0.15) is 0 Å². The molecule has 2 rings (SSSR count). The summed E-state index contributed by atoms with van der Waals surface area (Å²) in [5, 5.41) is 8.08. The second kappa shape index (κ2) is 7.25. The van der Waals surface area contributed by atoms with Gasteiger partial charge in [0.25, 0.3) is 0 Å². The minimum absolute atomic E-state index is 0.684. The van der Waals surface area contributed by atoms with Crippen molar-refractivity contribution in [2.75, 3.05) is 6.54 Å². The van der Waals surface area contributed by atoms with E-state index in [2.05, 4.69) is 72.4 Å². The van der Waals surface area contributed by atoms with Gasteiger partial charge in [0.15, 0.2) is 0 Å². The van der Waals surface area contributed by atoms with Crippen LogP contribution < -0.4 is 5.32 Å². The largest absolute Gasteiger partial charge is 0.312 e.